The summed E-state index contributed by atoms with van der Waals surface area (Å²) in [6.07, 6.45) is -0.941. The highest BCUT2D eigenvalue weighted by molar-refractivity contribution is 9.10. The van der Waals surface area contributed by atoms with Crippen molar-refractivity contribution in [2.45, 2.75) is 6.04 Å². The summed E-state index contributed by atoms with van der Waals surface area (Å²) in [5.41, 5.74) is 0.713. The molecule has 1 atom stereocenters. The van der Waals surface area contributed by atoms with Crippen LogP contribution in [0.1, 0.15) is 0 Å². The minimum Gasteiger partial charge on any atom is -0.489 e. The summed E-state index contributed by atoms with van der Waals surface area (Å²) in [6, 6.07) is 2.76. The molecule has 1 fully saturated rings. The van der Waals surface area contributed by atoms with Gasteiger partial charge in [0.2, 0.25) is 0 Å². The van der Waals surface area contributed by atoms with Crippen LogP contribution in [0.3, 0.4) is 0 Å². The average molecular weight is 358 g/mol. The fourth-order valence-corrected chi connectivity index (χ4v) is 3.36. The molecule has 3 rings (SSSR count). The summed E-state index contributed by atoms with van der Waals surface area (Å²) in [5.74, 6) is 0.455. The Labute approximate surface area is 128 Å². The van der Waals surface area contributed by atoms with E-state index in [9.17, 15) is 14.9 Å². The van der Waals surface area contributed by atoms with E-state index in [1.807, 2.05) is 4.90 Å². The molecule has 0 aliphatic carbocycles. The van der Waals surface area contributed by atoms with Crippen LogP contribution in [0.2, 0.25) is 0 Å². The number of carboxylic acid groups (broad SMARTS) is 1. The van der Waals surface area contributed by atoms with Gasteiger partial charge in [0.15, 0.2) is 5.75 Å². The number of amides is 1. The Balaban J connectivity index is 1.94. The summed E-state index contributed by atoms with van der Waals surface area (Å²) in [4.78, 5) is 24.9. The van der Waals surface area contributed by atoms with Crippen LogP contribution in [0.15, 0.2) is 16.6 Å². The SMILES string of the molecule is O=C(O)N1CCN2c3c(Br)cc([N+](=O)[O-])cc3OC[C@@H]2C1. The van der Waals surface area contributed by atoms with Gasteiger partial charge in [-0.25, -0.2) is 4.79 Å². The van der Waals surface area contributed by atoms with Gasteiger partial charge in [0.05, 0.1) is 27.2 Å². The van der Waals surface area contributed by atoms with Crippen LogP contribution >= 0.6 is 15.9 Å². The van der Waals surface area contributed by atoms with Crippen molar-refractivity contribution in [2.75, 3.05) is 31.1 Å². The van der Waals surface area contributed by atoms with Gasteiger partial charge in [-0.05, 0) is 15.9 Å². The highest BCUT2D eigenvalue weighted by atomic mass is 79.9. The van der Waals surface area contributed by atoms with Crippen LogP contribution in [-0.4, -0.2) is 53.3 Å². The molecule has 8 nitrogen and oxygen atoms in total. The lowest BCUT2D eigenvalue weighted by atomic mass is 10.1. The third kappa shape index (κ3) is 2.37. The van der Waals surface area contributed by atoms with Crippen molar-refractivity contribution >= 4 is 33.4 Å². The van der Waals surface area contributed by atoms with Gasteiger partial charge in [0, 0.05) is 25.7 Å². The van der Waals surface area contributed by atoms with Crippen LogP contribution in [-0.2, 0) is 0 Å². The van der Waals surface area contributed by atoms with E-state index in [0.717, 1.165) is 5.69 Å². The van der Waals surface area contributed by atoms with Crippen LogP contribution < -0.4 is 9.64 Å². The first-order valence-electron chi connectivity index (χ1n) is 6.32. The Bertz CT molecular complexity index is 623. The number of fused-ring (bicyclic) bond motifs is 3. The third-order valence-electron chi connectivity index (χ3n) is 3.70. The lowest BCUT2D eigenvalue weighted by Crippen LogP contribution is -2.58. The second-order valence-electron chi connectivity index (χ2n) is 4.92. The van der Waals surface area contributed by atoms with Gasteiger partial charge in [-0.3, -0.25) is 10.1 Å². The number of hydrogen-bond acceptors (Lipinski definition) is 5. The predicted molar refractivity (Wildman–Crippen MR) is 77.0 cm³/mol. The molecule has 112 valence electrons. The fraction of sp³-hybridized carbons (Fsp3) is 0.417. The second-order valence-corrected chi connectivity index (χ2v) is 5.77. The van der Waals surface area contributed by atoms with Gasteiger partial charge in [-0.2, -0.15) is 0 Å². The Hall–Kier alpha value is -2.03. The molecule has 0 spiro atoms. The normalized spacial score (nSPS) is 20.3. The summed E-state index contributed by atoms with van der Waals surface area (Å²) in [7, 11) is 0. The van der Waals surface area contributed by atoms with Gasteiger partial charge >= 0.3 is 6.09 Å². The maximum absolute atomic E-state index is 11.0. The first-order valence-corrected chi connectivity index (χ1v) is 7.12. The monoisotopic (exact) mass is 357 g/mol. The maximum atomic E-state index is 11.0. The van der Waals surface area contributed by atoms with Crippen molar-refractivity contribution in [3.63, 3.8) is 0 Å². The van der Waals surface area contributed by atoms with Crippen LogP contribution in [0, 0.1) is 10.1 Å². The minimum absolute atomic E-state index is 0.0387. The van der Waals surface area contributed by atoms with E-state index in [4.69, 9.17) is 9.84 Å². The number of hydrogen-bond donors (Lipinski definition) is 1. The number of ether oxygens (including phenoxy) is 1. The first-order chi connectivity index (χ1) is 9.97. The average Bonchev–Trinajstić information content (AvgIpc) is 2.45. The van der Waals surface area contributed by atoms with Crippen molar-refractivity contribution in [3.8, 4) is 5.75 Å². The molecule has 2 aliphatic heterocycles. The van der Waals surface area contributed by atoms with Gasteiger partial charge in [-0.15, -0.1) is 0 Å². The number of nitro groups is 1. The Kier molecular flexibility index (Phi) is 3.36. The summed E-state index contributed by atoms with van der Waals surface area (Å²) in [5, 5.41) is 19.9. The van der Waals surface area contributed by atoms with Crippen molar-refractivity contribution in [2.24, 2.45) is 0 Å². The topological polar surface area (TPSA) is 96.2 Å². The summed E-state index contributed by atoms with van der Waals surface area (Å²) in [6.45, 7) is 1.60. The molecule has 2 heterocycles. The Morgan fingerprint density at radius 2 is 2.24 bits per heavy atom. The standard InChI is InChI=1S/C12H12BrN3O5/c13-9-3-7(16(19)20)4-10-11(9)15-2-1-14(12(17)18)5-8(15)6-21-10/h3-4,8H,1-2,5-6H2,(H,17,18)/t8-/m0/s1. The second kappa shape index (κ2) is 5.06. The fourth-order valence-electron chi connectivity index (χ4n) is 2.71. The molecule has 1 aromatic rings. The molecule has 9 heteroatoms. The Morgan fingerprint density at radius 3 is 2.90 bits per heavy atom. The zero-order chi connectivity index (χ0) is 15.1. The Morgan fingerprint density at radius 1 is 1.48 bits per heavy atom. The van der Waals surface area contributed by atoms with E-state index in [0.29, 0.717) is 36.5 Å². The smallest absolute Gasteiger partial charge is 0.407 e. The summed E-state index contributed by atoms with van der Waals surface area (Å²) >= 11 is 3.35. The molecule has 2 aliphatic rings. The van der Waals surface area contributed by atoms with Gasteiger partial charge in [-0.1, -0.05) is 0 Å². The van der Waals surface area contributed by atoms with Crippen molar-refractivity contribution < 1.29 is 19.6 Å². The zero-order valence-electron chi connectivity index (χ0n) is 10.9. The maximum Gasteiger partial charge on any atom is 0.407 e. The minimum atomic E-state index is -0.941. The molecule has 0 radical (unpaired) electrons. The number of nitrogens with zero attached hydrogens (tertiary/aromatic N) is 3. The quantitative estimate of drug-likeness (QED) is 0.609. The molecule has 0 unspecified atom stereocenters. The molecule has 0 bridgehead atoms. The van der Waals surface area contributed by atoms with E-state index in [-0.39, 0.29) is 11.7 Å². The van der Waals surface area contributed by atoms with Gasteiger partial charge in [0.25, 0.3) is 5.69 Å². The molecular formula is C12H12BrN3O5. The predicted octanol–water partition coefficient (Wildman–Crippen LogP) is 1.92. The first kappa shape index (κ1) is 13.9. The lowest BCUT2D eigenvalue weighted by molar-refractivity contribution is -0.385. The molecule has 1 aromatic carbocycles. The molecule has 1 saturated heterocycles. The highest BCUT2D eigenvalue weighted by Crippen LogP contribution is 2.43. The zero-order valence-corrected chi connectivity index (χ0v) is 12.4. The van der Waals surface area contributed by atoms with Crippen molar-refractivity contribution in [3.05, 3.63) is 26.7 Å². The van der Waals surface area contributed by atoms with Gasteiger partial charge < -0.3 is 19.6 Å². The largest absolute Gasteiger partial charge is 0.489 e. The number of rotatable bonds is 1. The van der Waals surface area contributed by atoms with E-state index in [2.05, 4.69) is 15.9 Å². The van der Waals surface area contributed by atoms with E-state index in [1.165, 1.54) is 17.0 Å². The number of non-ortho nitro benzene ring substituents is 1. The van der Waals surface area contributed by atoms with Crippen LogP contribution in [0.25, 0.3) is 0 Å². The number of benzene rings is 1. The van der Waals surface area contributed by atoms with E-state index < -0.39 is 11.0 Å². The van der Waals surface area contributed by atoms with Gasteiger partial charge in [0.1, 0.15) is 6.61 Å². The molecular weight excluding hydrogens is 346 g/mol. The summed E-state index contributed by atoms with van der Waals surface area (Å²) < 4.78 is 6.18. The van der Waals surface area contributed by atoms with E-state index in [1.54, 1.807) is 0 Å². The number of halogens is 1. The molecule has 1 amide bonds. The number of anilines is 1. The van der Waals surface area contributed by atoms with Crippen LogP contribution in [0.4, 0.5) is 16.2 Å². The molecule has 0 saturated carbocycles. The highest BCUT2D eigenvalue weighted by Gasteiger charge is 2.36. The number of nitro benzene ring substituents is 1. The molecule has 21 heavy (non-hydrogen) atoms. The third-order valence-corrected chi connectivity index (χ3v) is 4.30. The number of carbonyl (C=O) groups is 1. The lowest BCUT2D eigenvalue weighted by Gasteiger charge is -2.45. The molecule has 0 aromatic heterocycles. The van der Waals surface area contributed by atoms with Crippen molar-refractivity contribution in [1.29, 1.82) is 0 Å². The van der Waals surface area contributed by atoms with E-state index >= 15 is 0 Å². The van der Waals surface area contributed by atoms with Crippen molar-refractivity contribution in [1.82, 2.24) is 4.90 Å². The molecule has 1 N–H and O–H groups in total. The number of piperazine rings is 1. The van der Waals surface area contributed by atoms with Crippen LogP contribution in [0.5, 0.6) is 5.75 Å².